The molecule has 1 atom stereocenters. The van der Waals surface area contributed by atoms with E-state index in [1.54, 1.807) is 39.5 Å². The standard InChI is InChI=1S/C19H23NO5/c1-13(14-5-7-15(22-2)8-6-14)20-19(21)12-25-18-10-16(23-3)9-17(11-18)24-4/h5-11,13H,12H2,1-4H3,(H,20,21)/t13-/m1/s1. The maximum atomic E-state index is 12.1. The highest BCUT2D eigenvalue weighted by Crippen LogP contribution is 2.27. The van der Waals surface area contributed by atoms with Crippen molar-refractivity contribution in [3.05, 3.63) is 48.0 Å². The Labute approximate surface area is 147 Å². The molecule has 0 fully saturated rings. The van der Waals surface area contributed by atoms with E-state index in [0.29, 0.717) is 17.2 Å². The molecule has 0 saturated carbocycles. The average Bonchev–Trinajstić information content (AvgIpc) is 2.66. The molecule has 2 aromatic rings. The Morgan fingerprint density at radius 2 is 1.40 bits per heavy atom. The molecular weight excluding hydrogens is 322 g/mol. The first-order valence-corrected chi connectivity index (χ1v) is 7.85. The summed E-state index contributed by atoms with van der Waals surface area (Å²) >= 11 is 0. The predicted molar refractivity (Wildman–Crippen MR) is 94.6 cm³/mol. The highest BCUT2D eigenvalue weighted by molar-refractivity contribution is 5.78. The van der Waals surface area contributed by atoms with Gasteiger partial charge in [0.2, 0.25) is 0 Å². The zero-order valence-corrected chi connectivity index (χ0v) is 14.9. The molecular formula is C19H23NO5. The van der Waals surface area contributed by atoms with Crippen molar-refractivity contribution < 1.29 is 23.7 Å². The van der Waals surface area contributed by atoms with Gasteiger partial charge in [-0.25, -0.2) is 0 Å². The minimum atomic E-state index is -0.217. The van der Waals surface area contributed by atoms with Gasteiger partial charge < -0.3 is 24.3 Å². The summed E-state index contributed by atoms with van der Waals surface area (Å²) < 4.78 is 21.0. The molecule has 0 saturated heterocycles. The number of methoxy groups -OCH3 is 3. The molecule has 0 aromatic heterocycles. The number of amides is 1. The molecule has 0 radical (unpaired) electrons. The van der Waals surface area contributed by atoms with Gasteiger partial charge in [-0.3, -0.25) is 4.79 Å². The molecule has 0 aliphatic heterocycles. The fourth-order valence-corrected chi connectivity index (χ4v) is 2.27. The zero-order chi connectivity index (χ0) is 18.2. The molecule has 1 N–H and O–H groups in total. The number of benzene rings is 2. The van der Waals surface area contributed by atoms with Gasteiger partial charge in [0.15, 0.2) is 6.61 Å². The molecule has 134 valence electrons. The molecule has 0 unspecified atom stereocenters. The molecule has 6 nitrogen and oxygen atoms in total. The summed E-state index contributed by atoms with van der Waals surface area (Å²) in [5, 5.41) is 2.89. The molecule has 6 heteroatoms. The van der Waals surface area contributed by atoms with Gasteiger partial charge in [-0.15, -0.1) is 0 Å². The normalized spacial score (nSPS) is 11.4. The van der Waals surface area contributed by atoms with E-state index < -0.39 is 0 Å². The third-order valence-corrected chi connectivity index (χ3v) is 3.69. The van der Waals surface area contributed by atoms with Gasteiger partial charge >= 0.3 is 0 Å². The number of hydrogen-bond donors (Lipinski definition) is 1. The van der Waals surface area contributed by atoms with E-state index in [9.17, 15) is 4.79 Å². The van der Waals surface area contributed by atoms with Crippen LogP contribution < -0.4 is 24.3 Å². The number of rotatable bonds is 8. The summed E-state index contributed by atoms with van der Waals surface area (Å²) in [6.07, 6.45) is 0. The highest BCUT2D eigenvalue weighted by atomic mass is 16.5. The van der Waals surface area contributed by atoms with Gasteiger partial charge in [0.05, 0.1) is 27.4 Å². The number of carbonyl (C=O) groups is 1. The minimum absolute atomic E-state index is 0.100. The molecule has 25 heavy (non-hydrogen) atoms. The summed E-state index contributed by atoms with van der Waals surface area (Å²) in [5.41, 5.74) is 0.984. The maximum absolute atomic E-state index is 12.1. The quantitative estimate of drug-likeness (QED) is 0.797. The lowest BCUT2D eigenvalue weighted by Crippen LogP contribution is -2.31. The predicted octanol–water partition coefficient (Wildman–Crippen LogP) is 2.97. The van der Waals surface area contributed by atoms with Crippen LogP contribution in [0.5, 0.6) is 23.0 Å². The largest absolute Gasteiger partial charge is 0.497 e. The molecule has 2 rings (SSSR count). The van der Waals surface area contributed by atoms with Crippen molar-refractivity contribution in [2.45, 2.75) is 13.0 Å². The van der Waals surface area contributed by atoms with E-state index >= 15 is 0 Å². The second-order valence-corrected chi connectivity index (χ2v) is 5.40. The van der Waals surface area contributed by atoms with Crippen molar-refractivity contribution in [1.29, 1.82) is 0 Å². The monoisotopic (exact) mass is 345 g/mol. The van der Waals surface area contributed by atoms with Crippen LogP contribution in [0.1, 0.15) is 18.5 Å². The molecule has 1 amide bonds. The second-order valence-electron chi connectivity index (χ2n) is 5.40. The van der Waals surface area contributed by atoms with Gasteiger partial charge in [0.25, 0.3) is 5.91 Å². The minimum Gasteiger partial charge on any atom is -0.497 e. The van der Waals surface area contributed by atoms with Crippen LogP contribution in [0, 0.1) is 0 Å². The Morgan fingerprint density at radius 1 is 0.880 bits per heavy atom. The number of nitrogens with one attached hydrogen (secondary N) is 1. The van der Waals surface area contributed by atoms with Crippen LogP contribution in [0.3, 0.4) is 0 Å². The number of hydrogen-bond acceptors (Lipinski definition) is 5. The lowest BCUT2D eigenvalue weighted by atomic mass is 10.1. The Bertz CT molecular complexity index is 677. The smallest absolute Gasteiger partial charge is 0.258 e. The Morgan fingerprint density at radius 3 is 1.92 bits per heavy atom. The van der Waals surface area contributed by atoms with Crippen molar-refractivity contribution in [2.75, 3.05) is 27.9 Å². The summed E-state index contributed by atoms with van der Waals surface area (Å²) in [5.74, 6) is 2.26. The molecule has 0 bridgehead atoms. The molecule has 0 aliphatic rings. The van der Waals surface area contributed by atoms with Gasteiger partial charge in [0.1, 0.15) is 23.0 Å². The van der Waals surface area contributed by atoms with Crippen LogP contribution in [-0.2, 0) is 4.79 Å². The van der Waals surface area contributed by atoms with Gasteiger partial charge in [0, 0.05) is 18.2 Å². The van der Waals surface area contributed by atoms with Crippen LogP contribution in [0.4, 0.5) is 0 Å². The van der Waals surface area contributed by atoms with E-state index in [1.165, 1.54) is 0 Å². The fourth-order valence-electron chi connectivity index (χ4n) is 2.27. The zero-order valence-electron chi connectivity index (χ0n) is 14.9. The average molecular weight is 345 g/mol. The second kappa shape index (κ2) is 8.82. The summed E-state index contributed by atoms with van der Waals surface area (Å²) in [4.78, 5) is 12.1. The number of ether oxygens (including phenoxy) is 4. The fraction of sp³-hybridized carbons (Fsp3) is 0.316. The number of carbonyl (C=O) groups excluding carboxylic acids is 1. The molecule has 0 heterocycles. The topological polar surface area (TPSA) is 66.0 Å². The van der Waals surface area contributed by atoms with Crippen LogP contribution in [0.15, 0.2) is 42.5 Å². The van der Waals surface area contributed by atoms with Gasteiger partial charge in [-0.05, 0) is 24.6 Å². The van der Waals surface area contributed by atoms with Crippen molar-refractivity contribution in [2.24, 2.45) is 0 Å². The van der Waals surface area contributed by atoms with Crippen LogP contribution in [-0.4, -0.2) is 33.8 Å². The first-order valence-electron chi connectivity index (χ1n) is 7.85. The van der Waals surface area contributed by atoms with Crippen LogP contribution in [0.25, 0.3) is 0 Å². The van der Waals surface area contributed by atoms with E-state index in [-0.39, 0.29) is 18.6 Å². The summed E-state index contributed by atoms with van der Waals surface area (Å²) in [7, 11) is 4.73. The van der Waals surface area contributed by atoms with E-state index in [2.05, 4.69) is 5.32 Å². The lowest BCUT2D eigenvalue weighted by molar-refractivity contribution is -0.123. The Hall–Kier alpha value is -2.89. The van der Waals surface area contributed by atoms with Crippen molar-refractivity contribution in [1.82, 2.24) is 5.32 Å². The first-order chi connectivity index (χ1) is 12.0. The molecule has 0 spiro atoms. The SMILES string of the molecule is COc1ccc([C@@H](C)NC(=O)COc2cc(OC)cc(OC)c2)cc1. The third kappa shape index (κ3) is 5.31. The van der Waals surface area contributed by atoms with Gasteiger partial charge in [-0.1, -0.05) is 12.1 Å². The van der Waals surface area contributed by atoms with E-state index in [4.69, 9.17) is 18.9 Å². The Kier molecular flexibility index (Phi) is 6.51. The lowest BCUT2D eigenvalue weighted by Gasteiger charge is -2.15. The van der Waals surface area contributed by atoms with E-state index in [1.807, 2.05) is 31.2 Å². The van der Waals surface area contributed by atoms with E-state index in [0.717, 1.165) is 11.3 Å². The Balaban J connectivity index is 1.91. The van der Waals surface area contributed by atoms with Crippen molar-refractivity contribution >= 4 is 5.91 Å². The summed E-state index contributed by atoms with van der Waals surface area (Å²) in [6.45, 7) is 1.81. The van der Waals surface area contributed by atoms with Gasteiger partial charge in [-0.2, -0.15) is 0 Å². The highest BCUT2D eigenvalue weighted by Gasteiger charge is 2.11. The third-order valence-electron chi connectivity index (χ3n) is 3.69. The molecule has 0 aliphatic carbocycles. The maximum Gasteiger partial charge on any atom is 0.258 e. The van der Waals surface area contributed by atoms with Crippen LogP contribution in [0.2, 0.25) is 0 Å². The van der Waals surface area contributed by atoms with Crippen LogP contribution >= 0.6 is 0 Å². The first kappa shape index (κ1) is 18.4. The molecule has 2 aromatic carbocycles. The summed E-state index contributed by atoms with van der Waals surface area (Å²) in [6, 6.07) is 12.5. The van der Waals surface area contributed by atoms with Crippen molar-refractivity contribution in [3.8, 4) is 23.0 Å². The van der Waals surface area contributed by atoms with Crippen molar-refractivity contribution in [3.63, 3.8) is 0 Å².